The van der Waals surface area contributed by atoms with Gasteiger partial charge in [0.25, 0.3) is 0 Å². The van der Waals surface area contributed by atoms with Crippen molar-refractivity contribution in [3.8, 4) is 0 Å². The molecule has 2 atom stereocenters. The molecule has 1 heterocycles. The van der Waals surface area contributed by atoms with Crippen LogP contribution in [0.1, 0.15) is 12.8 Å². The molecule has 0 aliphatic carbocycles. The SMILES string of the molecule is O=C[C@H]1CC[C@H](C[N+](=O)[O-])N(c2ccccc2)O1. The maximum absolute atomic E-state index is 10.8. The van der Waals surface area contributed by atoms with E-state index in [1.807, 2.05) is 18.2 Å². The molecule has 0 spiro atoms. The summed E-state index contributed by atoms with van der Waals surface area (Å²) in [6.07, 6.45) is 1.30. The fourth-order valence-corrected chi connectivity index (χ4v) is 2.04. The van der Waals surface area contributed by atoms with Crippen molar-refractivity contribution >= 4 is 12.0 Å². The summed E-state index contributed by atoms with van der Waals surface area (Å²) >= 11 is 0. The highest BCUT2D eigenvalue weighted by Gasteiger charge is 2.32. The van der Waals surface area contributed by atoms with Gasteiger partial charge < -0.3 is 4.79 Å². The number of nitro groups is 1. The number of nitrogens with zero attached hydrogens (tertiary/aromatic N) is 2. The number of hydroxylamine groups is 1. The lowest BCUT2D eigenvalue weighted by molar-refractivity contribution is -0.484. The summed E-state index contributed by atoms with van der Waals surface area (Å²) in [7, 11) is 0. The van der Waals surface area contributed by atoms with Crippen LogP contribution in [0.25, 0.3) is 0 Å². The number of carbonyl (C=O) groups excluding carboxylic acids is 1. The first-order valence-electron chi connectivity index (χ1n) is 5.79. The zero-order chi connectivity index (χ0) is 13.0. The Bertz CT molecular complexity index is 423. The van der Waals surface area contributed by atoms with Gasteiger partial charge in [-0.2, -0.15) is 0 Å². The van der Waals surface area contributed by atoms with E-state index < -0.39 is 6.10 Å². The summed E-state index contributed by atoms with van der Waals surface area (Å²) in [4.78, 5) is 26.6. The second-order valence-electron chi connectivity index (χ2n) is 4.19. The third kappa shape index (κ3) is 2.84. The maximum Gasteiger partial charge on any atom is 0.226 e. The van der Waals surface area contributed by atoms with Crippen molar-refractivity contribution in [3.05, 3.63) is 40.4 Å². The molecule has 1 saturated heterocycles. The van der Waals surface area contributed by atoms with Crippen molar-refractivity contribution in [2.75, 3.05) is 11.6 Å². The molecule has 1 aliphatic heterocycles. The molecule has 0 unspecified atom stereocenters. The highest BCUT2D eigenvalue weighted by atomic mass is 16.7. The Morgan fingerprint density at radius 2 is 2.11 bits per heavy atom. The quantitative estimate of drug-likeness (QED) is 0.459. The number of carbonyl (C=O) groups is 1. The molecule has 6 heteroatoms. The van der Waals surface area contributed by atoms with E-state index in [0.717, 1.165) is 12.0 Å². The van der Waals surface area contributed by atoms with Gasteiger partial charge in [-0.1, -0.05) is 18.2 Å². The first kappa shape index (κ1) is 12.5. The third-order valence-electron chi connectivity index (χ3n) is 2.89. The van der Waals surface area contributed by atoms with Crippen LogP contribution in [0.4, 0.5) is 5.69 Å². The molecule has 2 rings (SSSR count). The van der Waals surface area contributed by atoms with Crippen molar-refractivity contribution in [1.29, 1.82) is 0 Å². The highest BCUT2D eigenvalue weighted by Crippen LogP contribution is 2.26. The van der Waals surface area contributed by atoms with E-state index in [0.29, 0.717) is 12.8 Å². The molecule has 0 radical (unpaired) electrons. The minimum atomic E-state index is -0.520. The van der Waals surface area contributed by atoms with Crippen molar-refractivity contribution in [1.82, 2.24) is 0 Å². The van der Waals surface area contributed by atoms with Gasteiger partial charge in [0, 0.05) is 4.92 Å². The normalized spacial score (nSPS) is 23.7. The molecule has 6 nitrogen and oxygen atoms in total. The number of aldehydes is 1. The molecule has 18 heavy (non-hydrogen) atoms. The van der Waals surface area contributed by atoms with Gasteiger partial charge in [0.05, 0.1) is 5.69 Å². The maximum atomic E-state index is 10.8. The summed E-state index contributed by atoms with van der Waals surface area (Å²) in [5.74, 6) is 0. The Hall–Kier alpha value is -1.95. The Balaban J connectivity index is 2.19. The molecule has 1 aromatic carbocycles. The second kappa shape index (κ2) is 5.59. The average molecular weight is 250 g/mol. The standard InChI is InChI=1S/C12H14N2O4/c15-9-12-7-6-11(8-13(16)17)14(18-12)10-4-2-1-3-5-10/h1-5,9,11-12H,6-8H2/t11-,12-/m1/s1. The highest BCUT2D eigenvalue weighted by molar-refractivity contribution is 5.57. The molecule has 0 saturated carbocycles. The summed E-state index contributed by atoms with van der Waals surface area (Å²) in [5.41, 5.74) is 0.732. The Morgan fingerprint density at radius 3 is 2.72 bits per heavy atom. The van der Waals surface area contributed by atoms with E-state index in [4.69, 9.17) is 4.84 Å². The van der Waals surface area contributed by atoms with E-state index in [1.54, 1.807) is 12.1 Å². The number of hydrogen-bond acceptors (Lipinski definition) is 5. The van der Waals surface area contributed by atoms with Crippen LogP contribution in [0.15, 0.2) is 30.3 Å². The lowest BCUT2D eigenvalue weighted by atomic mass is 10.1. The van der Waals surface area contributed by atoms with Gasteiger partial charge in [0.2, 0.25) is 6.54 Å². The lowest BCUT2D eigenvalue weighted by Gasteiger charge is -2.36. The lowest BCUT2D eigenvalue weighted by Crippen LogP contribution is -2.47. The Kier molecular flexibility index (Phi) is 3.88. The number of hydrogen-bond donors (Lipinski definition) is 0. The number of rotatable bonds is 4. The predicted octanol–water partition coefficient (Wildman–Crippen LogP) is 1.43. The number of para-hydroxylation sites is 1. The molecule has 0 aromatic heterocycles. The van der Waals surface area contributed by atoms with Crippen molar-refractivity contribution in [2.24, 2.45) is 0 Å². The van der Waals surface area contributed by atoms with E-state index in [9.17, 15) is 14.9 Å². The minimum Gasteiger partial charge on any atom is -0.300 e. The van der Waals surface area contributed by atoms with Crippen LogP contribution < -0.4 is 5.06 Å². The molecule has 1 fully saturated rings. The van der Waals surface area contributed by atoms with Crippen LogP contribution in [0.3, 0.4) is 0 Å². The van der Waals surface area contributed by atoms with Gasteiger partial charge >= 0.3 is 0 Å². The van der Waals surface area contributed by atoms with Crippen LogP contribution >= 0.6 is 0 Å². The van der Waals surface area contributed by atoms with Crippen LogP contribution in [0.2, 0.25) is 0 Å². The minimum absolute atomic E-state index is 0.194. The molecule has 0 bridgehead atoms. The largest absolute Gasteiger partial charge is 0.300 e. The fourth-order valence-electron chi connectivity index (χ4n) is 2.04. The third-order valence-corrected chi connectivity index (χ3v) is 2.89. The molecule has 1 aliphatic rings. The Morgan fingerprint density at radius 1 is 1.39 bits per heavy atom. The fraction of sp³-hybridized carbons (Fsp3) is 0.417. The zero-order valence-corrected chi connectivity index (χ0v) is 9.77. The van der Waals surface area contributed by atoms with Crippen LogP contribution in [0.5, 0.6) is 0 Å². The average Bonchev–Trinajstić information content (AvgIpc) is 2.39. The molecule has 0 N–H and O–H groups in total. The summed E-state index contributed by atoms with van der Waals surface area (Å²) in [6.45, 7) is -0.194. The molecule has 0 amide bonds. The van der Waals surface area contributed by atoms with Crippen molar-refractivity contribution < 1.29 is 14.6 Å². The van der Waals surface area contributed by atoms with Crippen molar-refractivity contribution in [2.45, 2.75) is 25.0 Å². The van der Waals surface area contributed by atoms with Crippen LogP contribution in [-0.4, -0.2) is 29.9 Å². The summed E-state index contributed by atoms with van der Waals surface area (Å²) < 4.78 is 0. The smallest absolute Gasteiger partial charge is 0.226 e. The molecular formula is C12H14N2O4. The van der Waals surface area contributed by atoms with E-state index >= 15 is 0 Å². The van der Waals surface area contributed by atoms with Crippen LogP contribution in [-0.2, 0) is 9.63 Å². The predicted molar refractivity (Wildman–Crippen MR) is 64.7 cm³/mol. The van der Waals surface area contributed by atoms with E-state index in [2.05, 4.69) is 0 Å². The first-order chi connectivity index (χ1) is 8.70. The van der Waals surface area contributed by atoms with Crippen LogP contribution in [0, 0.1) is 10.1 Å². The van der Waals surface area contributed by atoms with Gasteiger partial charge in [-0.05, 0) is 25.0 Å². The molecule has 96 valence electrons. The van der Waals surface area contributed by atoms with Gasteiger partial charge in [-0.25, -0.2) is 5.06 Å². The Labute approximate surface area is 104 Å². The second-order valence-corrected chi connectivity index (χ2v) is 4.19. The van der Waals surface area contributed by atoms with E-state index in [1.165, 1.54) is 5.06 Å². The first-order valence-corrected chi connectivity index (χ1v) is 5.79. The van der Waals surface area contributed by atoms with Gasteiger partial charge in [0.15, 0.2) is 6.29 Å². The monoisotopic (exact) mass is 250 g/mol. The summed E-state index contributed by atoms with van der Waals surface area (Å²) in [6, 6.07) is 8.78. The molecular weight excluding hydrogens is 236 g/mol. The van der Waals surface area contributed by atoms with Gasteiger partial charge in [-0.3, -0.25) is 15.0 Å². The topological polar surface area (TPSA) is 72.7 Å². The number of anilines is 1. The van der Waals surface area contributed by atoms with Gasteiger partial charge in [-0.15, -0.1) is 0 Å². The number of benzene rings is 1. The zero-order valence-electron chi connectivity index (χ0n) is 9.77. The molecule has 1 aromatic rings. The van der Waals surface area contributed by atoms with E-state index in [-0.39, 0.29) is 17.5 Å². The summed E-state index contributed by atoms with van der Waals surface area (Å²) in [5, 5.41) is 12.1. The van der Waals surface area contributed by atoms with Crippen molar-refractivity contribution in [3.63, 3.8) is 0 Å². The van der Waals surface area contributed by atoms with Gasteiger partial charge in [0.1, 0.15) is 12.1 Å².